The number of nitrogens with two attached hydrogens (primary N) is 1. The monoisotopic (exact) mass is 319 g/mol. The van der Waals surface area contributed by atoms with Crippen LogP contribution in [0.25, 0.3) is 10.4 Å². The Morgan fingerprint density at radius 2 is 2.23 bits per heavy atom. The zero-order valence-electron chi connectivity index (χ0n) is 13.0. The fourth-order valence-electron chi connectivity index (χ4n) is 2.17. The minimum atomic E-state index is -0.507. The Morgan fingerprint density at radius 1 is 1.45 bits per heavy atom. The number of benzene rings is 1. The lowest BCUT2D eigenvalue weighted by atomic mass is 10.0. The van der Waals surface area contributed by atoms with Gasteiger partial charge in [0.15, 0.2) is 0 Å². The van der Waals surface area contributed by atoms with Gasteiger partial charge >= 0.3 is 0 Å². The van der Waals surface area contributed by atoms with Gasteiger partial charge in [-0.3, -0.25) is 9.78 Å². The van der Waals surface area contributed by atoms with Gasteiger partial charge in [-0.1, -0.05) is 13.8 Å². The number of anilines is 1. The number of rotatable bonds is 6. The molecule has 1 atom stereocenters. The number of hydrogen-bond acceptors (Lipinski definition) is 5. The molecule has 0 bridgehead atoms. The highest BCUT2D eigenvalue weighted by atomic mass is 32.1. The molecule has 1 aromatic heterocycles. The van der Waals surface area contributed by atoms with Crippen molar-refractivity contribution in [2.75, 3.05) is 12.4 Å². The summed E-state index contributed by atoms with van der Waals surface area (Å²) in [6.45, 7) is 4.08. The van der Waals surface area contributed by atoms with Crippen molar-refractivity contribution in [2.24, 2.45) is 11.7 Å². The lowest BCUT2D eigenvalue weighted by molar-refractivity contribution is -0.117. The summed E-state index contributed by atoms with van der Waals surface area (Å²) < 4.78 is 5.41. The Bertz CT molecular complexity index is 626. The van der Waals surface area contributed by atoms with Gasteiger partial charge in [0.2, 0.25) is 5.91 Å². The zero-order valence-corrected chi connectivity index (χ0v) is 13.8. The average molecular weight is 319 g/mol. The van der Waals surface area contributed by atoms with Gasteiger partial charge in [-0.2, -0.15) is 0 Å². The second-order valence-electron chi connectivity index (χ2n) is 5.51. The fourth-order valence-corrected chi connectivity index (χ4v) is 2.82. The number of carbonyl (C=O) groups excluding carboxylic acids is 1. The third kappa shape index (κ3) is 4.05. The van der Waals surface area contributed by atoms with Crippen molar-refractivity contribution < 1.29 is 9.53 Å². The number of hydrogen-bond donors (Lipinski definition) is 2. The summed E-state index contributed by atoms with van der Waals surface area (Å²) in [7, 11) is 1.61. The van der Waals surface area contributed by atoms with Crippen LogP contribution in [-0.2, 0) is 4.79 Å². The Morgan fingerprint density at radius 3 is 2.82 bits per heavy atom. The van der Waals surface area contributed by atoms with Crippen molar-refractivity contribution in [3.05, 3.63) is 29.9 Å². The van der Waals surface area contributed by atoms with E-state index in [9.17, 15) is 4.79 Å². The van der Waals surface area contributed by atoms with Gasteiger partial charge in [0.05, 0.1) is 23.5 Å². The van der Waals surface area contributed by atoms with E-state index in [-0.39, 0.29) is 5.91 Å². The molecule has 3 N–H and O–H groups in total. The molecule has 2 aromatic rings. The maximum atomic E-state index is 12.1. The standard InChI is InChI=1S/C16H21N3O2S/c1-10(2)6-13(17)16(20)19-11-4-5-12(14(7-11)21-3)15-8-18-9-22-15/h4-5,7-10,13H,6,17H2,1-3H3,(H,19,20). The van der Waals surface area contributed by atoms with E-state index < -0.39 is 6.04 Å². The van der Waals surface area contributed by atoms with Crippen molar-refractivity contribution >= 4 is 22.9 Å². The Balaban J connectivity index is 2.15. The molecule has 1 heterocycles. The van der Waals surface area contributed by atoms with Crippen molar-refractivity contribution in [3.8, 4) is 16.2 Å². The molecule has 5 nitrogen and oxygen atoms in total. The normalized spacial score (nSPS) is 12.2. The number of nitrogens with one attached hydrogen (secondary N) is 1. The lowest BCUT2D eigenvalue weighted by Crippen LogP contribution is -2.36. The Labute approximate surface area is 134 Å². The van der Waals surface area contributed by atoms with Crippen molar-refractivity contribution in [1.29, 1.82) is 0 Å². The predicted octanol–water partition coefficient (Wildman–Crippen LogP) is 3.13. The highest BCUT2D eigenvalue weighted by molar-refractivity contribution is 7.13. The molecule has 0 aliphatic rings. The van der Waals surface area contributed by atoms with E-state index in [4.69, 9.17) is 10.5 Å². The van der Waals surface area contributed by atoms with E-state index in [1.807, 2.05) is 26.0 Å². The third-order valence-corrected chi connectivity index (χ3v) is 4.04. The summed E-state index contributed by atoms with van der Waals surface area (Å²) in [6.07, 6.45) is 2.45. The number of ether oxygens (including phenoxy) is 1. The Kier molecular flexibility index (Phi) is 5.51. The van der Waals surface area contributed by atoms with Gasteiger partial charge < -0.3 is 15.8 Å². The van der Waals surface area contributed by atoms with E-state index >= 15 is 0 Å². The van der Waals surface area contributed by atoms with Crippen LogP contribution in [0.4, 0.5) is 5.69 Å². The number of thiazole rings is 1. The van der Waals surface area contributed by atoms with Crippen LogP contribution in [0.1, 0.15) is 20.3 Å². The largest absolute Gasteiger partial charge is 0.496 e. The first-order valence-corrected chi connectivity index (χ1v) is 8.02. The smallest absolute Gasteiger partial charge is 0.241 e. The number of methoxy groups -OCH3 is 1. The Hall–Kier alpha value is -1.92. The molecule has 0 aliphatic heterocycles. The molecule has 22 heavy (non-hydrogen) atoms. The molecular weight excluding hydrogens is 298 g/mol. The SMILES string of the molecule is COc1cc(NC(=O)C(N)CC(C)C)ccc1-c1cncs1. The van der Waals surface area contributed by atoms with Crippen molar-refractivity contribution in [1.82, 2.24) is 4.98 Å². The van der Waals surface area contributed by atoms with Crippen LogP contribution in [-0.4, -0.2) is 24.0 Å². The summed E-state index contributed by atoms with van der Waals surface area (Å²) in [4.78, 5) is 17.2. The van der Waals surface area contributed by atoms with E-state index in [1.54, 1.807) is 24.9 Å². The molecule has 6 heteroatoms. The maximum absolute atomic E-state index is 12.1. The molecular formula is C16H21N3O2S. The molecule has 0 fully saturated rings. The summed E-state index contributed by atoms with van der Waals surface area (Å²) in [5, 5.41) is 2.84. The average Bonchev–Trinajstić information content (AvgIpc) is 3.00. The second kappa shape index (κ2) is 7.38. The van der Waals surface area contributed by atoms with Crippen molar-refractivity contribution in [3.63, 3.8) is 0 Å². The van der Waals surface area contributed by atoms with Gasteiger partial charge in [-0.25, -0.2) is 0 Å². The van der Waals surface area contributed by atoms with Crippen LogP contribution >= 0.6 is 11.3 Å². The second-order valence-corrected chi connectivity index (χ2v) is 6.39. The van der Waals surface area contributed by atoms with Gasteiger partial charge in [0.25, 0.3) is 0 Å². The first kappa shape index (κ1) is 16.5. The molecule has 0 aliphatic carbocycles. The fraction of sp³-hybridized carbons (Fsp3) is 0.375. The number of aromatic nitrogens is 1. The predicted molar refractivity (Wildman–Crippen MR) is 90.2 cm³/mol. The number of nitrogens with zero attached hydrogens (tertiary/aromatic N) is 1. The van der Waals surface area contributed by atoms with E-state index in [0.717, 1.165) is 10.4 Å². The molecule has 1 aromatic carbocycles. The van der Waals surface area contributed by atoms with Crippen LogP contribution in [0.5, 0.6) is 5.75 Å². The first-order valence-electron chi connectivity index (χ1n) is 7.14. The quantitative estimate of drug-likeness (QED) is 0.857. The molecule has 0 saturated heterocycles. The van der Waals surface area contributed by atoms with Gasteiger partial charge in [0, 0.05) is 23.5 Å². The number of amides is 1. The minimum Gasteiger partial charge on any atom is -0.496 e. The van der Waals surface area contributed by atoms with E-state index in [1.165, 1.54) is 11.3 Å². The minimum absolute atomic E-state index is 0.179. The van der Waals surface area contributed by atoms with Crippen LogP contribution in [0.3, 0.4) is 0 Å². The summed E-state index contributed by atoms with van der Waals surface area (Å²) in [5.41, 5.74) is 9.30. The number of carbonyl (C=O) groups is 1. The lowest BCUT2D eigenvalue weighted by Gasteiger charge is -2.15. The summed E-state index contributed by atoms with van der Waals surface area (Å²) in [5.74, 6) is 0.893. The van der Waals surface area contributed by atoms with Gasteiger partial charge in [0.1, 0.15) is 5.75 Å². The molecule has 1 unspecified atom stereocenters. The van der Waals surface area contributed by atoms with Gasteiger partial charge in [-0.05, 0) is 24.5 Å². The zero-order chi connectivity index (χ0) is 16.1. The van der Waals surface area contributed by atoms with E-state index in [2.05, 4.69) is 10.3 Å². The molecule has 1 amide bonds. The molecule has 0 saturated carbocycles. The molecule has 118 valence electrons. The highest BCUT2D eigenvalue weighted by Crippen LogP contribution is 2.34. The summed E-state index contributed by atoms with van der Waals surface area (Å²) in [6, 6.07) is 5.05. The van der Waals surface area contributed by atoms with Crippen LogP contribution in [0.2, 0.25) is 0 Å². The third-order valence-electron chi connectivity index (χ3n) is 3.23. The maximum Gasteiger partial charge on any atom is 0.241 e. The highest BCUT2D eigenvalue weighted by Gasteiger charge is 2.16. The van der Waals surface area contributed by atoms with Crippen LogP contribution < -0.4 is 15.8 Å². The molecule has 2 rings (SSSR count). The van der Waals surface area contributed by atoms with E-state index in [0.29, 0.717) is 23.8 Å². The van der Waals surface area contributed by atoms with Crippen molar-refractivity contribution in [2.45, 2.75) is 26.3 Å². The van der Waals surface area contributed by atoms with Crippen LogP contribution in [0, 0.1) is 5.92 Å². The summed E-state index contributed by atoms with van der Waals surface area (Å²) >= 11 is 1.54. The topological polar surface area (TPSA) is 77.2 Å². The van der Waals surface area contributed by atoms with Gasteiger partial charge in [-0.15, -0.1) is 11.3 Å². The molecule has 0 radical (unpaired) electrons. The van der Waals surface area contributed by atoms with Crippen LogP contribution in [0.15, 0.2) is 29.9 Å². The molecule has 0 spiro atoms. The first-order chi connectivity index (χ1) is 10.5.